The maximum absolute atomic E-state index is 11.0. The third-order valence-electron chi connectivity index (χ3n) is 1.36. The SMILES string of the molecule is CC(C)(C)ON(C(=O)O)c1ccsc1I. The van der Waals surface area contributed by atoms with Gasteiger partial charge in [-0.2, -0.15) is 5.06 Å². The largest absolute Gasteiger partial charge is 0.463 e. The lowest BCUT2D eigenvalue weighted by atomic mass is 10.2. The molecule has 0 aromatic carbocycles. The van der Waals surface area contributed by atoms with E-state index in [-0.39, 0.29) is 0 Å². The van der Waals surface area contributed by atoms with Gasteiger partial charge in [0.05, 0.1) is 8.48 Å². The minimum absolute atomic E-state index is 0.538. The average Bonchev–Trinajstić information content (AvgIpc) is 2.45. The number of nitrogens with zero attached hydrogens (tertiary/aromatic N) is 1. The summed E-state index contributed by atoms with van der Waals surface area (Å²) < 4.78 is 0.888. The van der Waals surface area contributed by atoms with Gasteiger partial charge in [-0.05, 0) is 54.8 Å². The molecule has 1 aromatic rings. The minimum atomic E-state index is -1.11. The molecule has 15 heavy (non-hydrogen) atoms. The standard InChI is InChI=1S/C9H12INO3S/c1-9(2,3)14-11(8(12)13)6-4-5-15-7(6)10/h4-5H,1-3H3,(H,12,13). The van der Waals surface area contributed by atoms with Gasteiger partial charge in [0.2, 0.25) is 0 Å². The van der Waals surface area contributed by atoms with E-state index in [1.165, 1.54) is 11.3 Å². The highest BCUT2D eigenvalue weighted by atomic mass is 127. The number of amides is 1. The Morgan fingerprint density at radius 3 is 2.53 bits per heavy atom. The van der Waals surface area contributed by atoms with E-state index in [9.17, 15) is 4.79 Å². The summed E-state index contributed by atoms with van der Waals surface area (Å²) in [7, 11) is 0. The van der Waals surface area contributed by atoms with Gasteiger partial charge in [0.15, 0.2) is 0 Å². The van der Waals surface area contributed by atoms with Crippen LogP contribution in [-0.2, 0) is 4.84 Å². The maximum Gasteiger partial charge on any atom is 0.436 e. The zero-order valence-corrected chi connectivity index (χ0v) is 11.6. The topological polar surface area (TPSA) is 49.8 Å². The number of hydroxylamine groups is 1. The summed E-state index contributed by atoms with van der Waals surface area (Å²) >= 11 is 3.57. The molecule has 84 valence electrons. The third kappa shape index (κ3) is 3.62. The van der Waals surface area contributed by atoms with Crippen LogP contribution in [0.4, 0.5) is 10.5 Å². The highest BCUT2D eigenvalue weighted by Gasteiger charge is 2.25. The summed E-state index contributed by atoms with van der Waals surface area (Å²) in [6, 6.07) is 1.73. The van der Waals surface area contributed by atoms with E-state index < -0.39 is 11.7 Å². The van der Waals surface area contributed by atoms with Gasteiger partial charge in [-0.15, -0.1) is 11.3 Å². The second kappa shape index (κ2) is 4.67. The number of carboxylic acid groups (broad SMARTS) is 1. The average molecular weight is 341 g/mol. The van der Waals surface area contributed by atoms with Gasteiger partial charge in [0.1, 0.15) is 5.69 Å². The van der Waals surface area contributed by atoms with Crippen molar-refractivity contribution in [2.75, 3.05) is 5.06 Å². The fraction of sp³-hybridized carbons (Fsp3) is 0.444. The van der Waals surface area contributed by atoms with Gasteiger partial charge in [-0.3, -0.25) is 4.84 Å². The molecule has 6 heteroatoms. The molecule has 1 amide bonds. The quantitative estimate of drug-likeness (QED) is 0.661. The Labute approximate surface area is 106 Å². The van der Waals surface area contributed by atoms with Crippen molar-refractivity contribution in [3.05, 3.63) is 14.3 Å². The highest BCUT2D eigenvalue weighted by molar-refractivity contribution is 14.1. The van der Waals surface area contributed by atoms with Crippen molar-refractivity contribution in [3.63, 3.8) is 0 Å². The summed E-state index contributed by atoms with van der Waals surface area (Å²) in [5, 5.41) is 11.8. The summed E-state index contributed by atoms with van der Waals surface area (Å²) in [4.78, 5) is 16.4. The third-order valence-corrected chi connectivity index (χ3v) is 3.36. The molecule has 0 aliphatic heterocycles. The Morgan fingerprint density at radius 2 is 2.20 bits per heavy atom. The van der Waals surface area contributed by atoms with E-state index in [1.54, 1.807) is 6.07 Å². The van der Waals surface area contributed by atoms with E-state index in [1.807, 2.05) is 26.2 Å². The van der Waals surface area contributed by atoms with Crippen LogP contribution < -0.4 is 5.06 Å². The van der Waals surface area contributed by atoms with Gasteiger partial charge >= 0.3 is 6.09 Å². The van der Waals surface area contributed by atoms with Crippen molar-refractivity contribution in [3.8, 4) is 0 Å². The highest BCUT2D eigenvalue weighted by Crippen LogP contribution is 2.29. The number of halogens is 1. The van der Waals surface area contributed by atoms with E-state index >= 15 is 0 Å². The summed E-state index contributed by atoms with van der Waals surface area (Å²) in [5.74, 6) is 0. The number of thiophene rings is 1. The van der Waals surface area contributed by atoms with Crippen LogP contribution in [0.25, 0.3) is 0 Å². The van der Waals surface area contributed by atoms with Gasteiger partial charge in [-0.1, -0.05) is 0 Å². The second-order valence-corrected chi connectivity index (χ2v) is 6.59. The fourth-order valence-corrected chi connectivity index (χ4v) is 2.32. The van der Waals surface area contributed by atoms with Crippen molar-refractivity contribution < 1.29 is 14.7 Å². The molecule has 1 aromatic heterocycles. The minimum Gasteiger partial charge on any atom is -0.463 e. The predicted molar refractivity (Wildman–Crippen MR) is 68.4 cm³/mol. The Hall–Kier alpha value is -0.340. The first-order valence-corrected chi connectivity index (χ1v) is 6.22. The summed E-state index contributed by atoms with van der Waals surface area (Å²) in [6.07, 6.45) is -1.11. The number of carbonyl (C=O) groups is 1. The Morgan fingerprint density at radius 1 is 1.60 bits per heavy atom. The summed E-state index contributed by atoms with van der Waals surface area (Å²) in [6.45, 7) is 5.42. The monoisotopic (exact) mass is 341 g/mol. The number of hydrogen-bond donors (Lipinski definition) is 1. The van der Waals surface area contributed by atoms with E-state index in [0.717, 1.165) is 7.95 Å². The first-order valence-electron chi connectivity index (χ1n) is 4.26. The molecule has 0 fully saturated rings. The number of rotatable bonds is 2. The van der Waals surface area contributed by atoms with Crippen molar-refractivity contribution in [1.82, 2.24) is 0 Å². The van der Waals surface area contributed by atoms with E-state index in [2.05, 4.69) is 22.6 Å². The van der Waals surface area contributed by atoms with E-state index in [4.69, 9.17) is 9.94 Å². The molecular weight excluding hydrogens is 329 g/mol. The zero-order valence-electron chi connectivity index (χ0n) is 8.65. The molecule has 0 unspecified atom stereocenters. The Balaban J connectivity index is 2.95. The molecule has 0 spiro atoms. The predicted octanol–water partition coefficient (Wildman–Crippen LogP) is 3.57. The van der Waals surface area contributed by atoms with Gasteiger partial charge in [0.25, 0.3) is 0 Å². The molecular formula is C9H12INO3S. The van der Waals surface area contributed by atoms with Crippen molar-refractivity contribution in [1.29, 1.82) is 0 Å². The van der Waals surface area contributed by atoms with Crippen molar-refractivity contribution in [2.45, 2.75) is 26.4 Å². The first-order chi connectivity index (χ1) is 6.81. The fourth-order valence-electron chi connectivity index (χ4n) is 0.897. The first kappa shape index (κ1) is 12.7. The second-order valence-electron chi connectivity index (χ2n) is 3.86. The van der Waals surface area contributed by atoms with Crippen LogP contribution in [0.3, 0.4) is 0 Å². The van der Waals surface area contributed by atoms with Gasteiger partial charge in [-0.25, -0.2) is 4.79 Å². The maximum atomic E-state index is 11.0. The molecule has 0 aliphatic rings. The van der Waals surface area contributed by atoms with Crippen molar-refractivity contribution in [2.24, 2.45) is 0 Å². The molecule has 0 saturated heterocycles. The lowest BCUT2D eigenvalue weighted by molar-refractivity contribution is -0.0157. The molecule has 4 nitrogen and oxygen atoms in total. The normalized spacial score (nSPS) is 11.5. The van der Waals surface area contributed by atoms with Crippen LogP contribution in [-0.4, -0.2) is 16.8 Å². The Kier molecular flexibility index (Phi) is 3.96. The molecule has 0 atom stereocenters. The Bertz CT molecular complexity index is 358. The molecule has 0 saturated carbocycles. The molecule has 1 heterocycles. The number of hydrogen-bond acceptors (Lipinski definition) is 3. The molecule has 1 N–H and O–H groups in total. The lowest BCUT2D eigenvalue weighted by Gasteiger charge is -2.26. The van der Waals surface area contributed by atoms with Gasteiger partial charge < -0.3 is 5.11 Å². The molecule has 0 bridgehead atoms. The lowest BCUT2D eigenvalue weighted by Crippen LogP contribution is -2.37. The van der Waals surface area contributed by atoms with Crippen LogP contribution in [0.2, 0.25) is 0 Å². The molecule has 0 radical (unpaired) electrons. The van der Waals surface area contributed by atoms with Crippen LogP contribution in [0.1, 0.15) is 20.8 Å². The smallest absolute Gasteiger partial charge is 0.436 e. The summed E-state index contributed by atoms with van der Waals surface area (Å²) in [5.41, 5.74) is 0.0340. The number of anilines is 1. The zero-order chi connectivity index (χ0) is 11.6. The van der Waals surface area contributed by atoms with Crippen LogP contribution in [0, 0.1) is 2.88 Å². The van der Waals surface area contributed by atoms with Gasteiger partial charge in [0, 0.05) is 0 Å². The van der Waals surface area contributed by atoms with Crippen LogP contribution in [0.15, 0.2) is 11.4 Å². The van der Waals surface area contributed by atoms with Crippen molar-refractivity contribution >= 4 is 45.7 Å². The molecule has 0 aliphatic carbocycles. The van der Waals surface area contributed by atoms with Crippen LogP contribution >= 0.6 is 33.9 Å². The molecule has 1 rings (SSSR count). The van der Waals surface area contributed by atoms with E-state index in [0.29, 0.717) is 5.69 Å². The van der Waals surface area contributed by atoms with Crippen LogP contribution in [0.5, 0.6) is 0 Å².